The monoisotopic (exact) mass is 255 g/mol. The average Bonchev–Trinajstić information content (AvgIpc) is 2.87. The average molecular weight is 255 g/mol. The van der Waals surface area contributed by atoms with Gasteiger partial charge in [0, 0.05) is 11.7 Å². The van der Waals surface area contributed by atoms with Crippen LogP contribution in [0.5, 0.6) is 0 Å². The van der Waals surface area contributed by atoms with Gasteiger partial charge < -0.3 is 5.32 Å². The summed E-state index contributed by atoms with van der Waals surface area (Å²) in [7, 11) is 0. The minimum atomic E-state index is 0.496. The van der Waals surface area contributed by atoms with Gasteiger partial charge in [0.25, 0.3) is 0 Å². The number of nitriles is 1. The highest BCUT2D eigenvalue weighted by Crippen LogP contribution is 2.29. The van der Waals surface area contributed by atoms with Crippen LogP contribution < -0.4 is 5.32 Å². The zero-order valence-electron chi connectivity index (χ0n) is 11.6. The summed E-state index contributed by atoms with van der Waals surface area (Å²) in [5.41, 5.74) is 3.20. The van der Waals surface area contributed by atoms with Crippen molar-refractivity contribution in [1.29, 1.82) is 5.26 Å². The highest BCUT2D eigenvalue weighted by atomic mass is 15.0. The van der Waals surface area contributed by atoms with Gasteiger partial charge in [-0.2, -0.15) is 5.26 Å². The van der Waals surface area contributed by atoms with Gasteiger partial charge in [0.1, 0.15) is 11.9 Å². The quantitative estimate of drug-likeness (QED) is 0.880. The van der Waals surface area contributed by atoms with Gasteiger partial charge in [-0.1, -0.05) is 6.92 Å². The van der Waals surface area contributed by atoms with Crippen molar-refractivity contribution in [3.05, 3.63) is 22.9 Å². The van der Waals surface area contributed by atoms with Crippen LogP contribution in [0.1, 0.15) is 55.8 Å². The lowest BCUT2D eigenvalue weighted by Gasteiger charge is -2.27. The van der Waals surface area contributed by atoms with E-state index in [1.54, 1.807) is 0 Å². The molecule has 3 heteroatoms. The van der Waals surface area contributed by atoms with E-state index in [1.165, 1.54) is 43.4 Å². The summed E-state index contributed by atoms with van der Waals surface area (Å²) in [6.45, 7) is 2.32. The molecule has 2 aliphatic rings. The molecule has 1 N–H and O–H groups in total. The second-order valence-corrected chi connectivity index (χ2v) is 6.06. The predicted molar refractivity (Wildman–Crippen MR) is 76.0 cm³/mol. The smallest absolute Gasteiger partial charge is 0.144 e. The summed E-state index contributed by atoms with van der Waals surface area (Å²) >= 11 is 0. The molecule has 0 spiro atoms. The van der Waals surface area contributed by atoms with Crippen LogP contribution in [0, 0.1) is 17.2 Å². The Morgan fingerprint density at radius 3 is 2.79 bits per heavy atom. The minimum absolute atomic E-state index is 0.496. The van der Waals surface area contributed by atoms with Crippen molar-refractivity contribution in [1.82, 2.24) is 4.98 Å². The standard InChI is InChI=1S/C16H21N3/c1-11-5-7-14(8-6-11)18-16-13(10-17)9-12-3-2-4-15(12)19-16/h9,11,14H,2-8H2,1H3,(H,18,19). The molecular formula is C16H21N3. The number of hydrogen-bond acceptors (Lipinski definition) is 3. The van der Waals surface area contributed by atoms with Gasteiger partial charge in [-0.05, 0) is 62.5 Å². The van der Waals surface area contributed by atoms with E-state index in [0.29, 0.717) is 6.04 Å². The lowest BCUT2D eigenvalue weighted by molar-refractivity contribution is 0.360. The molecule has 1 aromatic rings. The minimum Gasteiger partial charge on any atom is -0.366 e. The predicted octanol–water partition coefficient (Wildman–Crippen LogP) is 3.43. The van der Waals surface area contributed by atoms with Crippen molar-refractivity contribution in [3.8, 4) is 6.07 Å². The van der Waals surface area contributed by atoms with Gasteiger partial charge in [0.15, 0.2) is 0 Å². The molecule has 0 saturated heterocycles. The topological polar surface area (TPSA) is 48.7 Å². The van der Waals surface area contributed by atoms with Gasteiger partial charge in [0.05, 0.1) is 5.56 Å². The SMILES string of the molecule is CC1CCC(Nc2nc3c(cc2C#N)CCC3)CC1. The van der Waals surface area contributed by atoms with Gasteiger partial charge in [-0.15, -0.1) is 0 Å². The Morgan fingerprint density at radius 2 is 2.05 bits per heavy atom. The molecule has 0 radical (unpaired) electrons. The van der Waals surface area contributed by atoms with Crippen LogP contribution in [-0.2, 0) is 12.8 Å². The molecule has 0 amide bonds. The second-order valence-electron chi connectivity index (χ2n) is 6.06. The third-order valence-electron chi connectivity index (χ3n) is 4.53. The molecule has 0 aromatic carbocycles. The van der Waals surface area contributed by atoms with Crippen molar-refractivity contribution in [2.24, 2.45) is 5.92 Å². The summed E-state index contributed by atoms with van der Waals surface area (Å²) in [4.78, 5) is 4.70. The van der Waals surface area contributed by atoms with Crippen molar-refractivity contribution in [2.45, 2.75) is 57.9 Å². The number of aryl methyl sites for hydroxylation is 2. The molecule has 1 fully saturated rings. The van der Waals surface area contributed by atoms with Crippen LogP contribution in [0.4, 0.5) is 5.82 Å². The second kappa shape index (κ2) is 5.21. The van der Waals surface area contributed by atoms with Crippen LogP contribution in [0.15, 0.2) is 6.07 Å². The number of anilines is 1. The maximum atomic E-state index is 9.29. The summed E-state index contributed by atoms with van der Waals surface area (Å²) in [5, 5.41) is 12.8. The van der Waals surface area contributed by atoms with Gasteiger partial charge >= 0.3 is 0 Å². The fraction of sp³-hybridized carbons (Fsp3) is 0.625. The molecule has 3 nitrogen and oxygen atoms in total. The first kappa shape index (κ1) is 12.5. The van der Waals surface area contributed by atoms with E-state index in [9.17, 15) is 5.26 Å². The molecular weight excluding hydrogens is 234 g/mol. The van der Waals surface area contributed by atoms with Crippen LogP contribution in [-0.4, -0.2) is 11.0 Å². The van der Waals surface area contributed by atoms with Crippen LogP contribution in [0.25, 0.3) is 0 Å². The van der Waals surface area contributed by atoms with Crippen molar-refractivity contribution >= 4 is 5.82 Å². The maximum Gasteiger partial charge on any atom is 0.144 e. The van der Waals surface area contributed by atoms with Gasteiger partial charge in [-0.25, -0.2) is 4.98 Å². The first-order valence-corrected chi connectivity index (χ1v) is 7.45. The number of rotatable bonds is 2. The third kappa shape index (κ3) is 2.58. The van der Waals surface area contributed by atoms with E-state index >= 15 is 0 Å². The summed E-state index contributed by atoms with van der Waals surface area (Å²) in [5.74, 6) is 1.67. The van der Waals surface area contributed by atoms with Crippen molar-refractivity contribution in [2.75, 3.05) is 5.32 Å². The van der Waals surface area contributed by atoms with E-state index in [-0.39, 0.29) is 0 Å². The first-order chi connectivity index (χ1) is 9.26. The fourth-order valence-corrected chi connectivity index (χ4v) is 3.27. The van der Waals surface area contributed by atoms with Gasteiger partial charge in [-0.3, -0.25) is 0 Å². The summed E-state index contributed by atoms with van der Waals surface area (Å²) < 4.78 is 0. The Labute approximate surface area is 115 Å². The molecule has 100 valence electrons. The number of hydrogen-bond donors (Lipinski definition) is 1. The van der Waals surface area contributed by atoms with E-state index < -0.39 is 0 Å². The lowest BCUT2D eigenvalue weighted by atomic mass is 9.87. The number of nitrogens with one attached hydrogen (secondary N) is 1. The first-order valence-electron chi connectivity index (χ1n) is 7.45. The Bertz CT molecular complexity index is 507. The molecule has 1 saturated carbocycles. The molecule has 0 unspecified atom stereocenters. The zero-order chi connectivity index (χ0) is 13.2. The van der Waals surface area contributed by atoms with E-state index in [2.05, 4.69) is 18.3 Å². The van der Waals surface area contributed by atoms with Gasteiger partial charge in [0.2, 0.25) is 0 Å². The van der Waals surface area contributed by atoms with Crippen LogP contribution >= 0.6 is 0 Å². The summed E-state index contributed by atoms with van der Waals surface area (Å²) in [6, 6.07) is 4.84. The Hall–Kier alpha value is -1.56. The van der Waals surface area contributed by atoms with E-state index in [0.717, 1.165) is 30.1 Å². The number of fused-ring (bicyclic) bond motifs is 1. The molecule has 1 heterocycles. The molecule has 0 aliphatic heterocycles. The zero-order valence-corrected chi connectivity index (χ0v) is 11.6. The molecule has 19 heavy (non-hydrogen) atoms. The van der Waals surface area contributed by atoms with Crippen molar-refractivity contribution < 1.29 is 0 Å². The van der Waals surface area contributed by atoms with E-state index in [4.69, 9.17) is 4.98 Å². The highest BCUT2D eigenvalue weighted by Gasteiger charge is 2.21. The Morgan fingerprint density at radius 1 is 1.26 bits per heavy atom. The molecule has 3 rings (SSSR count). The molecule has 0 bridgehead atoms. The molecule has 1 aromatic heterocycles. The lowest BCUT2D eigenvalue weighted by Crippen LogP contribution is -2.26. The molecule has 2 aliphatic carbocycles. The summed E-state index contributed by atoms with van der Waals surface area (Å²) in [6.07, 6.45) is 8.29. The van der Waals surface area contributed by atoms with Crippen LogP contribution in [0.2, 0.25) is 0 Å². The van der Waals surface area contributed by atoms with Crippen molar-refractivity contribution in [3.63, 3.8) is 0 Å². The fourth-order valence-electron chi connectivity index (χ4n) is 3.27. The third-order valence-corrected chi connectivity index (χ3v) is 4.53. The number of aromatic nitrogens is 1. The van der Waals surface area contributed by atoms with E-state index in [1.807, 2.05) is 6.07 Å². The number of nitrogens with zero attached hydrogens (tertiary/aromatic N) is 2. The Kier molecular flexibility index (Phi) is 3.42. The Balaban J connectivity index is 1.79. The number of pyridine rings is 1. The highest BCUT2D eigenvalue weighted by molar-refractivity contribution is 5.55. The molecule has 0 atom stereocenters. The van der Waals surface area contributed by atoms with Crippen LogP contribution in [0.3, 0.4) is 0 Å². The largest absolute Gasteiger partial charge is 0.366 e. The maximum absolute atomic E-state index is 9.29. The normalized spacial score (nSPS) is 25.7.